The predicted molar refractivity (Wildman–Crippen MR) is 214 cm³/mol. The van der Waals surface area contributed by atoms with Gasteiger partial charge in [0.15, 0.2) is 0 Å². The maximum absolute atomic E-state index is 6.05. The van der Waals surface area contributed by atoms with E-state index in [9.17, 15) is 0 Å². The number of nitrogens with zero attached hydrogens (tertiary/aromatic N) is 1. The van der Waals surface area contributed by atoms with Gasteiger partial charge in [0.05, 0.1) is 0 Å². The molecule has 2 nitrogen and oxygen atoms in total. The van der Waals surface area contributed by atoms with E-state index >= 15 is 0 Å². The molecule has 0 saturated carbocycles. The fraction of sp³-hybridized carbons (Fsp3) is 0.0612. The second kappa shape index (κ2) is 13.2. The van der Waals surface area contributed by atoms with E-state index in [4.69, 9.17) is 4.42 Å². The lowest BCUT2D eigenvalue weighted by Gasteiger charge is -2.31. The number of hydrogen-bond donors (Lipinski definition) is 0. The molecule has 8 aromatic rings. The summed E-state index contributed by atoms with van der Waals surface area (Å²) in [4.78, 5) is 2.38. The van der Waals surface area contributed by atoms with Crippen molar-refractivity contribution in [2.75, 3.05) is 4.90 Å². The Hall–Kier alpha value is -6.38. The fourth-order valence-corrected chi connectivity index (χ4v) is 7.49. The monoisotopic (exact) mass is 655 g/mol. The van der Waals surface area contributed by atoms with E-state index in [-0.39, 0.29) is 0 Å². The Balaban J connectivity index is 1.02. The largest absolute Gasteiger partial charge is 0.456 e. The summed E-state index contributed by atoms with van der Waals surface area (Å²) in [7, 11) is 0. The summed E-state index contributed by atoms with van der Waals surface area (Å²) in [5, 5.41) is 2.30. The number of hydrogen-bond acceptors (Lipinski definition) is 2. The highest BCUT2D eigenvalue weighted by Gasteiger charge is 2.23. The zero-order valence-electron chi connectivity index (χ0n) is 28.5. The molecule has 1 aromatic heterocycles. The summed E-state index contributed by atoms with van der Waals surface area (Å²) in [6, 6.07) is 62.9. The summed E-state index contributed by atoms with van der Waals surface area (Å²) in [5.41, 5.74) is 13.8. The molecule has 244 valence electrons. The number of benzene rings is 7. The molecule has 1 heterocycles. The topological polar surface area (TPSA) is 16.4 Å². The van der Waals surface area contributed by atoms with Crippen LogP contribution in [0.3, 0.4) is 0 Å². The summed E-state index contributed by atoms with van der Waals surface area (Å²) in [5.74, 6) is 0.702. The van der Waals surface area contributed by atoms with Crippen molar-refractivity contribution in [2.24, 2.45) is 5.92 Å². The Morgan fingerprint density at radius 2 is 0.941 bits per heavy atom. The highest BCUT2D eigenvalue weighted by molar-refractivity contribution is 6.06. The van der Waals surface area contributed by atoms with Crippen LogP contribution >= 0.6 is 0 Å². The standard InChI is InChI=1S/C49H37NO/c1-34-32-44(29-30-45(34)40-12-6-3-7-13-40)50(42-25-20-37(21-26-42)35-10-4-2-5-11-35)43-27-22-38(23-28-43)36-16-18-39(19-17-36)41-24-31-49-47(33-41)46-14-8-9-15-48(46)51-49/h2-34,45H,1H3. The van der Waals surface area contributed by atoms with Crippen molar-refractivity contribution < 1.29 is 4.42 Å². The summed E-state index contributed by atoms with van der Waals surface area (Å²) < 4.78 is 6.05. The van der Waals surface area contributed by atoms with Crippen molar-refractivity contribution in [3.63, 3.8) is 0 Å². The second-order valence-corrected chi connectivity index (χ2v) is 13.4. The van der Waals surface area contributed by atoms with Gasteiger partial charge >= 0.3 is 0 Å². The molecule has 7 aromatic carbocycles. The van der Waals surface area contributed by atoms with Crippen LogP contribution in [-0.2, 0) is 0 Å². The van der Waals surface area contributed by atoms with Crippen molar-refractivity contribution in [1.29, 1.82) is 0 Å². The molecule has 0 saturated heterocycles. The molecule has 2 heteroatoms. The third-order valence-corrected chi connectivity index (χ3v) is 10.2. The fourth-order valence-electron chi connectivity index (χ4n) is 7.49. The molecular formula is C49H37NO. The lowest BCUT2D eigenvalue weighted by Crippen LogP contribution is -2.20. The van der Waals surface area contributed by atoms with Crippen LogP contribution in [0.1, 0.15) is 18.4 Å². The van der Waals surface area contributed by atoms with Crippen LogP contribution in [0, 0.1) is 5.92 Å². The van der Waals surface area contributed by atoms with E-state index < -0.39 is 0 Å². The third-order valence-electron chi connectivity index (χ3n) is 10.2. The molecule has 1 aliphatic carbocycles. The molecule has 0 fully saturated rings. The van der Waals surface area contributed by atoms with Crippen LogP contribution in [0.4, 0.5) is 11.4 Å². The van der Waals surface area contributed by atoms with Crippen molar-refractivity contribution in [3.8, 4) is 33.4 Å². The Kier molecular flexibility index (Phi) is 7.91. The molecule has 0 aliphatic heterocycles. The lowest BCUT2D eigenvalue weighted by atomic mass is 9.83. The molecule has 2 unspecified atom stereocenters. The average molecular weight is 656 g/mol. The van der Waals surface area contributed by atoms with Crippen LogP contribution < -0.4 is 4.90 Å². The van der Waals surface area contributed by atoms with Gasteiger partial charge < -0.3 is 9.32 Å². The molecule has 0 N–H and O–H groups in total. The number of fused-ring (bicyclic) bond motifs is 3. The van der Waals surface area contributed by atoms with Gasteiger partial charge in [0.2, 0.25) is 0 Å². The SMILES string of the molecule is CC1C=C(N(c2ccc(-c3ccccc3)cc2)c2ccc(-c3ccc(-c4ccc5oc6ccccc6c5c4)cc3)cc2)C=CC1c1ccccc1. The molecule has 1 aliphatic rings. The molecule has 0 amide bonds. The Labute approximate surface area is 299 Å². The van der Waals surface area contributed by atoms with E-state index in [1.807, 2.05) is 12.1 Å². The van der Waals surface area contributed by atoms with E-state index in [2.05, 4.69) is 194 Å². The van der Waals surface area contributed by atoms with Crippen LogP contribution in [0.15, 0.2) is 204 Å². The summed E-state index contributed by atoms with van der Waals surface area (Å²) in [6.45, 7) is 2.32. The van der Waals surface area contributed by atoms with Gasteiger partial charge in [-0.2, -0.15) is 0 Å². The highest BCUT2D eigenvalue weighted by atomic mass is 16.3. The van der Waals surface area contributed by atoms with Crippen molar-refractivity contribution in [1.82, 2.24) is 0 Å². The van der Waals surface area contributed by atoms with E-state index in [1.165, 1.54) is 44.6 Å². The predicted octanol–water partition coefficient (Wildman–Crippen LogP) is 13.6. The minimum Gasteiger partial charge on any atom is -0.456 e. The van der Waals surface area contributed by atoms with Crippen molar-refractivity contribution >= 4 is 33.3 Å². The van der Waals surface area contributed by atoms with Crippen LogP contribution in [-0.4, -0.2) is 0 Å². The molecule has 0 bridgehead atoms. The van der Waals surface area contributed by atoms with Gasteiger partial charge in [-0.05, 0) is 93.4 Å². The lowest BCUT2D eigenvalue weighted by molar-refractivity contribution is 0.628. The van der Waals surface area contributed by atoms with Gasteiger partial charge in [-0.15, -0.1) is 0 Å². The summed E-state index contributed by atoms with van der Waals surface area (Å²) >= 11 is 0. The van der Waals surface area contributed by atoms with E-state index in [0.29, 0.717) is 11.8 Å². The zero-order chi connectivity index (χ0) is 34.1. The zero-order valence-corrected chi connectivity index (χ0v) is 28.5. The van der Waals surface area contributed by atoms with Gasteiger partial charge in [0.25, 0.3) is 0 Å². The normalized spacial score (nSPS) is 15.6. The number of rotatable bonds is 7. The maximum Gasteiger partial charge on any atom is 0.135 e. The first kappa shape index (κ1) is 30.7. The van der Waals surface area contributed by atoms with E-state index in [0.717, 1.165) is 33.3 Å². The van der Waals surface area contributed by atoms with Crippen LogP contribution in [0.2, 0.25) is 0 Å². The Morgan fingerprint density at radius 1 is 0.451 bits per heavy atom. The number of allylic oxidation sites excluding steroid dienone is 3. The minimum absolute atomic E-state index is 0.351. The Bertz CT molecular complexity index is 2510. The second-order valence-electron chi connectivity index (χ2n) is 13.4. The van der Waals surface area contributed by atoms with Gasteiger partial charge in [-0.1, -0.05) is 153 Å². The number of anilines is 2. The van der Waals surface area contributed by atoms with Gasteiger partial charge in [0, 0.05) is 33.8 Å². The quantitative estimate of drug-likeness (QED) is 0.170. The molecule has 9 rings (SSSR count). The first-order chi connectivity index (χ1) is 25.2. The molecule has 2 atom stereocenters. The van der Waals surface area contributed by atoms with Crippen molar-refractivity contribution in [2.45, 2.75) is 12.8 Å². The first-order valence-corrected chi connectivity index (χ1v) is 17.7. The molecular weight excluding hydrogens is 619 g/mol. The molecule has 0 spiro atoms. The van der Waals surface area contributed by atoms with Crippen molar-refractivity contribution in [3.05, 3.63) is 205 Å². The van der Waals surface area contributed by atoms with Gasteiger partial charge in [0.1, 0.15) is 11.2 Å². The Morgan fingerprint density at radius 3 is 1.57 bits per heavy atom. The van der Waals surface area contributed by atoms with Crippen LogP contribution in [0.5, 0.6) is 0 Å². The van der Waals surface area contributed by atoms with Gasteiger partial charge in [-0.3, -0.25) is 0 Å². The summed E-state index contributed by atoms with van der Waals surface area (Å²) in [6.07, 6.45) is 7.07. The highest BCUT2D eigenvalue weighted by Crippen LogP contribution is 2.39. The van der Waals surface area contributed by atoms with E-state index in [1.54, 1.807) is 0 Å². The van der Waals surface area contributed by atoms with Gasteiger partial charge in [-0.25, -0.2) is 0 Å². The van der Waals surface area contributed by atoms with Crippen LogP contribution in [0.25, 0.3) is 55.3 Å². The minimum atomic E-state index is 0.351. The average Bonchev–Trinajstić information content (AvgIpc) is 3.57. The molecule has 0 radical (unpaired) electrons. The first-order valence-electron chi connectivity index (χ1n) is 17.7. The number of para-hydroxylation sites is 1. The molecule has 51 heavy (non-hydrogen) atoms. The third kappa shape index (κ3) is 5.96. The smallest absolute Gasteiger partial charge is 0.135 e. The number of furan rings is 1. The maximum atomic E-state index is 6.05.